The smallest absolute Gasteiger partial charge is 0.233 e. The second-order valence-electron chi connectivity index (χ2n) is 1.63. The minimum absolute atomic E-state index is 0.347. The van der Waals surface area contributed by atoms with E-state index < -0.39 is 19.8 Å². The van der Waals surface area contributed by atoms with Gasteiger partial charge in [-0.15, -0.1) is 10.2 Å². The number of rotatable bonds is 2. The Hall–Kier alpha value is -0.640. The maximum Gasteiger partial charge on any atom is 0.233 e. The van der Waals surface area contributed by atoms with Crippen molar-refractivity contribution in [3.8, 4) is 5.88 Å². The Labute approximate surface area is 83.7 Å². The lowest BCUT2D eigenvalue weighted by Crippen LogP contribution is -2.07. The van der Waals surface area contributed by atoms with E-state index in [9.17, 15) is 0 Å². The van der Waals surface area contributed by atoms with Crippen LogP contribution in [-0.4, -0.2) is 16.3 Å². The van der Waals surface area contributed by atoms with Crippen LogP contribution in [-0.2, 0) is 0 Å². The number of hydrogen-bond donors (Lipinski definition) is 0. The van der Waals surface area contributed by atoms with Gasteiger partial charge in [-0.2, -0.15) is 0 Å². The van der Waals surface area contributed by atoms with Crippen molar-refractivity contribution >= 4 is 15.9 Å². The van der Waals surface area contributed by atoms with E-state index in [2.05, 4.69) is 26.1 Å². The van der Waals surface area contributed by atoms with Gasteiger partial charge in [-0.05, 0) is 35.7 Å². The van der Waals surface area contributed by atoms with E-state index >= 15 is 0 Å². The second kappa shape index (κ2) is 3.67. The van der Waals surface area contributed by atoms with Crippen LogP contribution in [0.15, 0.2) is 16.7 Å². The van der Waals surface area contributed by atoms with Crippen LogP contribution in [0.2, 0.25) is 0 Å². The molecular weight excluding hydrogens is 208 g/mol. The zero-order chi connectivity index (χ0) is 14.2. The molecule has 0 atom stereocenters. The third-order valence-corrected chi connectivity index (χ3v) is 1.24. The molecule has 0 aliphatic carbocycles. The predicted octanol–water partition coefficient (Wildman–Crippen LogP) is 2.03. The molecule has 0 amide bonds. The van der Waals surface area contributed by atoms with Crippen LogP contribution in [0.1, 0.15) is 23.3 Å². The molecule has 3 nitrogen and oxygen atoms in total. The van der Waals surface area contributed by atoms with E-state index in [1.165, 1.54) is 12.1 Å². The van der Waals surface area contributed by atoms with Crippen LogP contribution < -0.4 is 4.74 Å². The lowest BCUT2D eigenvalue weighted by atomic mass is 10.5. The fraction of sp³-hybridized carbons (Fsp3) is 0.429. The summed E-state index contributed by atoms with van der Waals surface area (Å²) < 4.78 is 55.5. The van der Waals surface area contributed by atoms with Gasteiger partial charge >= 0.3 is 0 Å². The molecule has 0 N–H and O–H groups in total. The first kappa shape index (κ1) is 3.01. The second-order valence-corrected chi connectivity index (χ2v) is 2.44. The first-order chi connectivity index (χ1) is 7.97. The number of ether oxygens (including phenoxy) is 1. The molecule has 1 aromatic heterocycles. The number of nitrogens with zero attached hydrogens (tertiary/aromatic N) is 2. The molecule has 0 spiro atoms. The SMILES string of the molecule is [2H]C([2H])([2H])C([2H])(Oc1ccc(Br)nn1)C([2H])([2H])[2H]. The van der Waals surface area contributed by atoms with Crippen molar-refractivity contribution in [3.05, 3.63) is 16.7 Å². The van der Waals surface area contributed by atoms with Crippen LogP contribution >= 0.6 is 15.9 Å². The molecule has 0 fully saturated rings. The quantitative estimate of drug-likeness (QED) is 0.770. The first-order valence-electron chi connectivity index (χ1n) is 6.16. The first-order valence-corrected chi connectivity index (χ1v) is 3.45. The third-order valence-electron chi connectivity index (χ3n) is 0.814. The Morgan fingerprint density at radius 1 is 1.64 bits per heavy atom. The van der Waals surface area contributed by atoms with Crippen molar-refractivity contribution in [1.29, 1.82) is 0 Å². The largest absolute Gasteiger partial charge is 0.474 e. The van der Waals surface area contributed by atoms with Gasteiger partial charge in [-0.25, -0.2) is 0 Å². The molecule has 1 heterocycles. The van der Waals surface area contributed by atoms with Crippen molar-refractivity contribution < 1.29 is 14.3 Å². The summed E-state index contributed by atoms with van der Waals surface area (Å²) in [6.07, 6.45) is -3.09. The summed E-state index contributed by atoms with van der Waals surface area (Å²) in [5.41, 5.74) is 0. The van der Waals surface area contributed by atoms with Crippen molar-refractivity contribution in [2.24, 2.45) is 0 Å². The van der Waals surface area contributed by atoms with Gasteiger partial charge in [0, 0.05) is 14.3 Å². The minimum atomic E-state index is -3.16. The molecule has 1 aromatic rings. The van der Waals surface area contributed by atoms with Gasteiger partial charge in [0.25, 0.3) is 0 Å². The topological polar surface area (TPSA) is 35.0 Å². The summed E-state index contributed by atoms with van der Waals surface area (Å²) in [5, 5.41) is 6.97. The highest BCUT2D eigenvalue weighted by molar-refractivity contribution is 9.10. The van der Waals surface area contributed by atoms with E-state index in [-0.39, 0.29) is 5.88 Å². The van der Waals surface area contributed by atoms with Crippen LogP contribution in [0, 0.1) is 0 Å². The van der Waals surface area contributed by atoms with Gasteiger partial charge in [0.1, 0.15) is 4.60 Å². The van der Waals surface area contributed by atoms with Crippen molar-refractivity contribution in [3.63, 3.8) is 0 Å². The summed E-state index contributed by atoms with van der Waals surface area (Å²) in [4.78, 5) is 0. The number of aromatic nitrogens is 2. The molecule has 0 aliphatic heterocycles. The average molecular weight is 224 g/mol. The number of hydrogen-bond acceptors (Lipinski definition) is 3. The predicted molar refractivity (Wildman–Crippen MR) is 45.5 cm³/mol. The molecule has 0 bridgehead atoms. The van der Waals surface area contributed by atoms with E-state index in [4.69, 9.17) is 14.3 Å². The molecule has 0 saturated carbocycles. The summed E-state index contributed by atoms with van der Waals surface area (Å²) >= 11 is 3.01. The fourth-order valence-electron chi connectivity index (χ4n) is 0.463. The Balaban J connectivity index is 3.12. The molecule has 0 aromatic carbocycles. The number of halogens is 1. The lowest BCUT2D eigenvalue weighted by molar-refractivity contribution is 0.230. The van der Waals surface area contributed by atoms with Gasteiger partial charge < -0.3 is 4.74 Å². The summed E-state index contributed by atoms with van der Waals surface area (Å²) in [6.45, 7) is -6.32. The normalized spacial score (nSPS) is 22.8. The minimum Gasteiger partial charge on any atom is -0.474 e. The molecule has 60 valence electrons. The van der Waals surface area contributed by atoms with Crippen molar-refractivity contribution in [2.75, 3.05) is 0 Å². The Bertz CT molecular complexity index is 401. The summed E-state index contributed by atoms with van der Waals surface area (Å²) in [7, 11) is 0. The van der Waals surface area contributed by atoms with E-state index in [0.29, 0.717) is 4.60 Å². The third kappa shape index (κ3) is 2.84. The van der Waals surface area contributed by atoms with Gasteiger partial charge in [0.2, 0.25) is 5.88 Å². The molecule has 1 rings (SSSR count). The van der Waals surface area contributed by atoms with Crippen LogP contribution in [0.3, 0.4) is 0 Å². The Morgan fingerprint density at radius 3 is 3.00 bits per heavy atom. The molecular formula is C7H9BrN2O. The van der Waals surface area contributed by atoms with Crippen LogP contribution in [0.4, 0.5) is 0 Å². The fourth-order valence-corrected chi connectivity index (χ4v) is 0.674. The Morgan fingerprint density at radius 2 is 2.45 bits per heavy atom. The standard InChI is InChI=1S/C7H9BrN2O/c1-5(2)11-7-4-3-6(8)9-10-7/h3-5H,1-2H3/i1D3,2D3,5D. The molecule has 0 radical (unpaired) electrons. The molecule has 11 heavy (non-hydrogen) atoms. The molecule has 4 heteroatoms. The zero-order valence-electron chi connectivity index (χ0n) is 12.3. The van der Waals surface area contributed by atoms with Crippen LogP contribution in [0.25, 0.3) is 0 Å². The van der Waals surface area contributed by atoms with Gasteiger partial charge in [0.05, 0.1) is 7.45 Å². The highest BCUT2D eigenvalue weighted by atomic mass is 79.9. The average Bonchev–Trinajstić information content (AvgIpc) is 2.18. The van der Waals surface area contributed by atoms with E-state index in [1.807, 2.05) is 0 Å². The van der Waals surface area contributed by atoms with Gasteiger partial charge in [0.15, 0.2) is 0 Å². The molecule has 0 saturated heterocycles. The Kier molecular flexibility index (Phi) is 1.00. The van der Waals surface area contributed by atoms with Gasteiger partial charge in [-0.3, -0.25) is 0 Å². The summed E-state index contributed by atoms with van der Waals surface area (Å²) in [5.74, 6) is -0.347. The highest BCUT2D eigenvalue weighted by Gasteiger charge is 1.98. The molecule has 0 aliphatic rings. The highest BCUT2D eigenvalue weighted by Crippen LogP contribution is 2.09. The maximum atomic E-state index is 7.59. The van der Waals surface area contributed by atoms with E-state index in [1.54, 1.807) is 0 Å². The van der Waals surface area contributed by atoms with Crippen molar-refractivity contribution in [1.82, 2.24) is 10.2 Å². The monoisotopic (exact) mass is 223 g/mol. The van der Waals surface area contributed by atoms with Crippen LogP contribution in [0.5, 0.6) is 5.88 Å². The van der Waals surface area contributed by atoms with Gasteiger partial charge in [-0.1, -0.05) is 0 Å². The summed E-state index contributed by atoms with van der Waals surface area (Å²) in [6, 6.07) is 2.61. The molecule has 0 unspecified atom stereocenters. The maximum absolute atomic E-state index is 7.59. The lowest BCUT2D eigenvalue weighted by Gasteiger charge is -2.06. The van der Waals surface area contributed by atoms with E-state index in [0.717, 1.165) is 0 Å². The van der Waals surface area contributed by atoms with Crippen molar-refractivity contribution in [2.45, 2.75) is 19.8 Å². The zero-order valence-corrected chi connectivity index (χ0v) is 6.92.